The average Bonchev–Trinajstić information content (AvgIpc) is 2.62. The molecule has 0 aromatic carbocycles. The minimum atomic E-state index is -0.190. The lowest BCUT2D eigenvalue weighted by molar-refractivity contribution is -0.126. The van der Waals surface area contributed by atoms with Gasteiger partial charge < -0.3 is 0 Å². The molecule has 88 valence electrons. The van der Waals surface area contributed by atoms with E-state index in [1.165, 1.54) is 0 Å². The molecule has 0 saturated heterocycles. The first-order valence-electron chi connectivity index (χ1n) is 6.20. The van der Waals surface area contributed by atoms with E-state index >= 15 is 0 Å². The lowest BCUT2D eigenvalue weighted by Crippen LogP contribution is -2.42. The van der Waals surface area contributed by atoms with Gasteiger partial charge in [0.15, 0.2) is 0 Å². The van der Waals surface area contributed by atoms with Crippen molar-refractivity contribution in [2.75, 3.05) is 0 Å². The first-order valence-corrected chi connectivity index (χ1v) is 6.20. The van der Waals surface area contributed by atoms with Gasteiger partial charge in [-0.2, -0.15) is 0 Å². The predicted octanol–water partition coefficient (Wildman–Crippen LogP) is 2.77. The average molecular weight is 220 g/mol. The van der Waals surface area contributed by atoms with E-state index in [1.807, 2.05) is 0 Å². The Morgan fingerprint density at radius 2 is 2.12 bits per heavy atom. The maximum absolute atomic E-state index is 12.0. The van der Waals surface area contributed by atoms with E-state index in [4.69, 9.17) is 0 Å². The van der Waals surface area contributed by atoms with Crippen molar-refractivity contribution in [2.45, 2.75) is 39.5 Å². The molecule has 2 aliphatic carbocycles. The van der Waals surface area contributed by atoms with Gasteiger partial charge >= 0.3 is 0 Å². The zero-order chi connectivity index (χ0) is 11.9. The van der Waals surface area contributed by atoms with Gasteiger partial charge in [-0.25, -0.2) is 0 Å². The molecule has 2 heteroatoms. The van der Waals surface area contributed by atoms with Gasteiger partial charge in [-0.1, -0.05) is 20.4 Å². The van der Waals surface area contributed by atoms with Crippen molar-refractivity contribution in [3.05, 3.63) is 12.2 Å². The highest BCUT2D eigenvalue weighted by molar-refractivity contribution is 5.88. The van der Waals surface area contributed by atoms with Gasteiger partial charge in [0, 0.05) is 17.8 Å². The monoisotopic (exact) mass is 220 g/mol. The number of carbonyl (C=O) groups is 2. The molecule has 0 amide bonds. The summed E-state index contributed by atoms with van der Waals surface area (Å²) in [5.74, 6) is 1.37. The van der Waals surface area contributed by atoms with E-state index in [1.54, 1.807) is 0 Å². The number of hydrogen-bond acceptors (Lipinski definition) is 2. The van der Waals surface area contributed by atoms with E-state index in [2.05, 4.69) is 20.4 Å². The van der Waals surface area contributed by atoms with E-state index in [9.17, 15) is 9.59 Å². The van der Waals surface area contributed by atoms with Crippen molar-refractivity contribution in [1.29, 1.82) is 0 Å². The van der Waals surface area contributed by atoms with Crippen LogP contribution in [0.2, 0.25) is 0 Å². The van der Waals surface area contributed by atoms with Crippen LogP contribution in [0.25, 0.3) is 0 Å². The molecular weight excluding hydrogens is 200 g/mol. The summed E-state index contributed by atoms with van der Waals surface area (Å²) in [5, 5.41) is 0. The summed E-state index contributed by atoms with van der Waals surface area (Å²) < 4.78 is 0. The number of aldehydes is 1. The van der Waals surface area contributed by atoms with E-state index < -0.39 is 0 Å². The van der Waals surface area contributed by atoms with Gasteiger partial charge in [0.25, 0.3) is 0 Å². The number of fused-ring (bicyclic) bond motifs is 1. The van der Waals surface area contributed by atoms with E-state index in [0.29, 0.717) is 29.6 Å². The molecule has 2 nitrogen and oxygen atoms in total. The molecule has 0 radical (unpaired) electrons. The highest BCUT2D eigenvalue weighted by Gasteiger charge is 2.54. The van der Waals surface area contributed by atoms with Gasteiger partial charge in [-0.15, -0.1) is 0 Å². The highest BCUT2D eigenvalue weighted by atomic mass is 16.1. The van der Waals surface area contributed by atoms with Crippen molar-refractivity contribution < 1.29 is 9.59 Å². The SMILES string of the molecule is C=C(C=O)[C@]12CCC(=O)C1C(C)C(C)CC2. The van der Waals surface area contributed by atoms with Gasteiger partial charge in [-0.3, -0.25) is 9.59 Å². The van der Waals surface area contributed by atoms with Gasteiger partial charge in [-0.05, 0) is 36.7 Å². The zero-order valence-corrected chi connectivity index (χ0v) is 10.2. The Morgan fingerprint density at radius 1 is 1.44 bits per heavy atom. The molecule has 2 rings (SSSR count). The number of carbonyl (C=O) groups excluding carboxylic acids is 2. The molecular formula is C14H20O2. The number of allylic oxidation sites excluding steroid dienone is 1. The Kier molecular flexibility index (Phi) is 2.77. The minimum absolute atomic E-state index is 0.0500. The normalized spacial score (nSPS) is 42.9. The summed E-state index contributed by atoms with van der Waals surface area (Å²) >= 11 is 0. The first kappa shape index (κ1) is 11.6. The van der Waals surface area contributed by atoms with Crippen LogP contribution in [-0.2, 0) is 9.59 Å². The van der Waals surface area contributed by atoms with Gasteiger partial charge in [0.1, 0.15) is 12.1 Å². The largest absolute Gasteiger partial charge is 0.299 e. The number of Topliss-reactive ketones (excluding diaryl/α,β-unsaturated/α-hetero) is 1. The summed E-state index contributed by atoms with van der Waals surface area (Å²) in [4.78, 5) is 23.1. The molecule has 0 N–H and O–H groups in total. The Morgan fingerprint density at radius 3 is 2.75 bits per heavy atom. The number of ketones is 1. The van der Waals surface area contributed by atoms with Crippen LogP contribution >= 0.6 is 0 Å². The second-order valence-corrected chi connectivity index (χ2v) is 5.62. The second kappa shape index (κ2) is 3.83. The molecule has 2 fully saturated rings. The maximum atomic E-state index is 12.0. The summed E-state index contributed by atoms with van der Waals surface area (Å²) in [5.41, 5.74) is 0.465. The Balaban J connectivity index is 2.40. The van der Waals surface area contributed by atoms with Crippen LogP contribution in [0.3, 0.4) is 0 Å². The third kappa shape index (κ3) is 1.39. The third-order valence-electron chi connectivity index (χ3n) is 5.01. The topological polar surface area (TPSA) is 34.1 Å². The van der Waals surface area contributed by atoms with Crippen LogP contribution < -0.4 is 0 Å². The molecule has 2 saturated carbocycles. The molecule has 16 heavy (non-hydrogen) atoms. The van der Waals surface area contributed by atoms with Crippen molar-refractivity contribution in [1.82, 2.24) is 0 Å². The van der Waals surface area contributed by atoms with Crippen molar-refractivity contribution in [3.63, 3.8) is 0 Å². The van der Waals surface area contributed by atoms with Crippen LogP contribution in [0.5, 0.6) is 0 Å². The summed E-state index contributed by atoms with van der Waals surface area (Å²) in [6, 6.07) is 0. The van der Waals surface area contributed by atoms with Crippen molar-refractivity contribution >= 4 is 12.1 Å². The molecule has 4 atom stereocenters. The van der Waals surface area contributed by atoms with Crippen LogP contribution in [0.4, 0.5) is 0 Å². The van der Waals surface area contributed by atoms with Crippen LogP contribution in [-0.4, -0.2) is 12.1 Å². The Bertz CT molecular complexity index is 345. The van der Waals surface area contributed by atoms with Crippen molar-refractivity contribution in [2.24, 2.45) is 23.2 Å². The zero-order valence-electron chi connectivity index (χ0n) is 10.2. The molecule has 0 heterocycles. The first-order chi connectivity index (χ1) is 7.53. The van der Waals surface area contributed by atoms with Crippen molar-refractivity contribution in [3.8, 4) is 0 Å². The molecule has 0 aromatic heterocycles. The van der Waals surface area contributed by atoms with E-state index in [0.717, 1.165) is 25.5 Å². The van der Waals surface area contributed by atoms with Gasteiger partial charge in [0.2, 0.25) is 0 Å². The lowest BCUT2D eigenvalue weighted by atomic mass is 9.58. The maximum Gasteiger partial charge on any atom is 0.146 e. The van der Waals surface area contributed by atoms with Crippen LogP contribution in [0.15, 0.2) is 12.2 Å². The molecule has 3 unspecified atom stereocenters. The molecule has 0 bridgehead atoms. The molecule has 2 aliphatic rings. The highest BCUT2D eigenvalue weighted by Crippen LogP contribution is 2.57. The fraction of sp³-hybridized carbons (Fsp3) is 0.714. The smallest absolute Gasteiger partial charge is 0.146 e. The molecule has 0 spiro atoms. The third-order valence-corrected chi connectivity index (χ3v) is 5.01. The number of hydrogen-bond donors (Lipinski definition) is 0. The molecule has 0 aromatic rings. The number of rotatable bonds is 2. The minimum Gasteiger partial charge on any atom is -0.299 e. The van der Waals surface area contributed by atoms with Gasteiger partial charge in [0.05, 0.1) is 0 Å². The predicted molar refractivity (Wildman–Crippen MR) is 62.9 cm³/mol. The fourth-order valence-electron chi connectivity index (χ4n) is 3.76. The lowest BCUT2D eigenvalue weighted by Gasteiger charge is -2.45. The summed E-state index contributed by atoms with van der Waals surface area (Å²) in [6.07, 6.45) is 4.42. The summed E-state index contributed by atoms with van der Waals surface area (Å²) in [7, 11) is 0. The standard InChI is InChI=1S/C14H20O2/c1-9-4-6-14(10(2)8-15)7-5-12(16)13(14)11(9)3/h8-9,11,13H,2,4-7H2,1,3H3/t9?,11?,13?,14-/m0/s1. The molecule has 0 aliphatic heterocycles. The van der Waals surface area contributed by atoms with E-state index in [-0.39, 0.29) is 11.3 Å². The van der Waals surface area contributed by atoms with Crippen LogP contribution in [0.1, 0.15) is 39.5 Å². The Labute approximate surface area is 97.1 Å². The quantitative estimate of drug-likeness (QED) is 0.529. The Hall–Kier alpha value is -0.920. The fourth-order valence-corrected chi connectivity index (χ4v) is 3.76. The second-order valence-electron chi connectivity index (χ2n) is 5.62. The van der Waals surface area contributed by atoms with Crippen LogP contribution in [0, 0.1) is 23.2 Å². The summed E-state index contributed by atoms with van der Waals surface area (Å²) in [6.45, 7) is 8.27.